The Hall–Kier alpha value is -4.92. The number of ketones is 1. The van der Waals surface area contributed by atoms with Gasteiger partial charge in [-0.3, -0.25) is 4.79 Å². The summed E-state index contributed by atoms with van der Waals surface area (Å²) in [6.07, 6.45) is 13.2. The quantitative estimate of drug-likeness (QED) is 0.146. The number of ether oxygens (including phenoxy) is 2. The number of unbranched alkanes of at least 4 members (excludes halogenated alkanes) is 1. The van der Waals surface area contributed by atoms with Gasteiger partial charge in [-0.2, -0.15) is 5.12 Å². The van der Waals surface area contributed by atoms with Crippen molar-refractivity contribution < 1.29 is 18.7 Å². The van der Waals surface area contributed by atoms with Crippen LogP contribution in [0.25, 0.3) is 10.9 Å². The van der Waals surface area contributed by atoms with Crippen molar-refractivity contribution in [2.75, 3.05) is 29.9 Å². The molecule has 0 bridgehead atoms. The molecule has 1 aromatic heterocycles. The Morgan fingerprint density at radius 3 is 2.52 bits per heavy atom. The Morgan fingerprint density at radius 1 is 1.19 bits per heavy atom. The Labute approximate surface area is 286 Å². The first-order valence-electron chi connectivity index (χ1n) is 16.6. The summed E-state index contributed by atoms with van der Waals surface area (Å²) in [6.45, 7) is 24.8. The Bertz CT molecular complexity index is 1610. The first-order valence-corrected chi connectivity index (χ1v) is 16.6. The summed E-state index contributed by atoms with van der Waals surface area (Å²) in [5, 5.41) is 4.97. The maximum absolute atomic E-state index is 13.8. The largest absolute Gasteiger partial charge is 0.491 e. The molecule has 3 heterocycles. The van der Waals surface area contributed by atoms with Gasteiger partial charge in [-0.05, 0) is 76.1 Å². The van der Waals surface area contributed by atoms with Gasteiger partial charge in [0, 0.05) is 48.4 Å². The van der Waals surface area contributed by atoms with E-state index in [1.165, 1.54) is 19.2 Å². The van der Waals surface area contributed by atoms with E-state index >= 15 is 0 Å². The number of hydrogen-bond donors (Lipinski definition) is 1. The first kappa shape index (κ1) is 39.3. The molecule has 2 aliphatic rings. The van der Waals surface area contributed by atoms with Crippen molar-refractivity contribution in [3.8, 4) is 11.5 Å². The number of anilines is 3. The van der Waals surface area contributed by atoms with Crippen molar-refractivity contribution in [1.82, 2.24) is 15.1 Å². The van der Waals surface area contributed by atoms with Crippen LogP contribution in [0.1, 0.15) is 66.9 Å². The number of hydrogen-bond acceptors (Lipinski definition) is 8. The molecule has 2 aromatic carbocycles. The van der Waals surface area contributed by atoms with E-state index < -0.39 is 0 Å². The summed E-state index contributed by atoms with van der Waals surface area (Å²) < 4.78 is 26.0. The van der Waals surface area contributed by atoms with E-state index in [1.54, 1.807) is 37.6 Å². The van der Waals surface area contributed by atoms with Gasteiger partial charge in [0.15, 0.2) is 5.78 Å². The van der Waals surface area contributed by atoms with Crippen LogP contribution in [-0.2, 0) is 4.79 Å². The maximum Gasteiger partial charge on any atom is 0.152 e. The molecule has 0 amide bonds. The van der Waals surface area contributed by atoms with Crippen molar-refractivity contribution in [3.63, 3.8) is 0 Å². The minimum atomic E-state index is 0.0185. The van der Waals surface area contributed by atoms with Crippen molar-refractivity contribution >= 4 is 33.9 Å². The lowest BCUT2D eigenvalue weighted by atomic mass is 10.1. The van der Waals surface area contributed by atoms with Gasteiger partial charge in [-0.15, -0.1) is 6.58 Å². The third-order valence-corrected chi connectivity index (χ3v) is 7.05. The van der Waals surface area contributed by atoms with Crippen LogP contribution in [0.15, 0.2) is 97.9 Å². The molecule has 0 saturated carbocycles. The molecule has 1 N–H and O–H groups in total. The zero-order valence-electron chi connectivity index (χ0n) is 29.8. The van der Waals surface area contributed by atoms with Gasteiger partial charge in [0.2, 0.25) is 0 Å². The van der Waals surface area contributed by atoms with E-state index in [2.05, 4.69) is 53.3 Å². The number of aromatic nitrogens is 2. The van der Waals surface area contributed by atoms with E-state index in [9.17, 15) is 9.28 Å². The van der Waals surface area contributed by atoms with Crippen LogP contribution in [0, 0.1) is 12.8 Å². The third kappa shape index (κ3) is 11.4. The molecule has 1 atom stereocenters. The number of benzene rings is 2. The number of halogens is 1. The molecule has 3 aromatic rings. The summed E-state index contributed by atoms with van der Waals surface area (Å²) >= 11 is 0. The summed E-state index contributed by atoms with van der Waals surface area (Å²) in [5.41, 5.74) is 4.18. The molecule has 8 nitrogen and oxygen atoms in total. The van der Waals surface area contributed by atoms with Gasteiger partial charge in [-0.25, -0.2) is 9.97 Å². The Kier molecular flexibility index (Phi) is 16.6. The second-order valence-corrected chi connectivity index (χ2v) is 11.1. The second-order valence-electron chi connectivity index (χ2n) is 11.1. The van der Waals surface area contributed by atoms with Crippen LogP contribution < -0.4 is 19.7 Å². The molecule has 258 valence electrons. The van der Waals surface area contributed by atoms with E-state index in [1.807, 2.05) is 52.0 Å². The van der Waals surface area contributed by atoms with Crippen LogP contribution in [0.5, 0.6) is 11.5 Å². The average Bonchev–Trinajstić information content (AvgIpc) is 3.24. The van der Waals surface area contributed by atoms with E-state index in [0.717, 1.165) is 65.3 Å². The summed E-state index contributed by atoms with van der Waals surface area (Å²) in [7, 11) is 0. The summed E-state index contributed by atoms with van der Waals surface area (Å²) in [5.74, 6) is 3.34. The maximum atomic E-state index is 13.8. The molecular weight excluding hydrogens is 605 g/mol. The molecule has 0 fully saturated rings. The zero-order chi connectivity index (χ0) is 35.6. The number of nitrogens with zero attached hydrogens (tertiary/aromatic N) is 4. The normalized spacial score (nSPS) is 15.5. The standard InChI is InChI=1S/C30H34FN5O2.C4H6O.C3H6.C2H6/c1-5-7-11-35-17-20(3)18-37-29-16-26-25(15-27(29)35)30(33-19-32-26)34-22-8-9-28(21(4)13-22)38-24-10-12-36(31)23(6-2)14-24;1-3-4(2)5;1-3-2;1-2/h6,8-10,12-16,19-20H,5,7,11,17-18H2,1-4H3,(H,32,33,34);3H,1H2,2H3;3H,1H2,2H3;1-2H3. The fourth-order valence-electron chi connectivity index (χ4n) is 4.71. The van der Waals surface area contributed by atoms with Crippen LogP contribution in [-0.4, -0.2) is 40.6 Å². The van der Waals surface area contributed by atoms with Gasteiger partial charge in [0.05, 0.1) is 23.5 Å². The van der Waals surface area contributed by atoms with Gasteiger partial charge in [-0.1, -0.05) is 57.3 Å². The summed E-state index contributed by atoms with van der Waals surface area (Å²) in [4.78, 5) is 21.2. The SMILES string of the molecule is C=CC.C=CC(C)=O.CC.CC=C1C=C(Oc2ccc(Nc3ncnc4cc5c(cc34)N(CCCC)CC(C)CO5)cc2C)C=CN1F. The van der Waals surface area contributed by atoms with Crippen LogP contribution >= 0.6 is 0 Å². The fraction of sp³-hybridized carbons (Fsp3) is 0.359. The van der Waals surface area contributed by atoms with E-state index in [0.29, 0.717) is 34.9 Å². The van der Waals surface area contributed by atoms with Crippen molar-refractivity contribution in [1.29, 1.82) is 0 Å². The molecule has 9 heteroatoms. The topological polar surface area (TPSA) is 79.8 Å². The average molecular weight is 658 g/mol. The van der Waals surface area contributed by atoms with Crippen molar-refractivity contribution in [2.45, 2.75) is 68.2 Å². The minimum Gasteiger partial charge on any atom is -0.491 e. The number of carbonyl (C=O) groups excluding carboxylic acids is 1. The predicted molar refractivity (Wildman–Crippen MR) is 198 cm³/mol. The molecule has 2 aliphatic heterocycles. The van der Waals surface area contributed by atoms with Crippen LogP contribution in [0.2, 0.25) is 0 Å². The molecule has 0 radical (unpaired) electrons. The number of carbonyl (C=O) groups is 1. The zero-order valence-corrected chi connectivity index (χ0v) is 29.8. The van der Waals surface area contributed by atoms with E-state index in [-0.39, 0.29) is 5.78 Å². The van der Waals surface area contributed by atoms with Crippen LogP contribution in [0.3, 0.4) is 0 Å². The molecule has 5 rings (SSSR count). The molecule has 0 aliphatic carbocycles. The third-order valence-electron chi connectivity index (χ3n) is 7.05. The van der Waals surface area contributed by atoms with Crippen molar-refractivity contribution in [3.05, 3.63) is 103 Å². The lowest BCUT2D eigenvalue weighted by molar-refractivity contribution is -0.112. The molecule has 0 saturated heterocycles. The van der Waals surface area contributed by atoms with Gasteiger partial charge < -0.3 is 19.7 Å². The highest BCUT2D eigenvalue weighted by atomic mass is 19.2. The van der Waals surface area contributed by atoms with E-state index in [4.69, 9.17) is 9.47 Å². The fourth-order valence-corrected chi connectivity index (χ4v) is 4.71. The van der Waals surface area contributed by atoms with Gasteiger partial charge in [0.25, 0.3) is 0 Å². The lowest BCUT2D eigenvalue weighted by Crippen LogP contribution is -2.29. The molecule has 48 heavy (non-hydrogen) atoms. The predicted octanol–water partition coefficient (Wildman–Crippen LogP) is 10.2. The Morgan fingerprint density at radius 2 is 1.90 bits per heavy atom. The molecule has 1 unspecified atom stereocenters. The van der Waals surface area contributed by atoms with Crippen LogP contribution in [0.4, 0.5) is 21.7 Å². The van der Waals surface area contributed by atoms with Gasteiger partial charge >= 0.3 is 0 Å². The number of aryl methyl sites for hydroxylation is 1. The van der Waals surface area contributed by atoms with Gasteiger partial charge in [0.1, 0.15) is 29.4 Å². The lowest BCUT2D eigenvalue weighted by Gasteiger charge is -2.25. The first-order chi connectivity index (χ1) is 23.1. The number of allylic oxidation sites excluding steroid dienone is 5. The van der Waals surface area contributed by atoms with Crippen molar-refractivity contribution in [2.24, 2.45) is 5.92 Å². The second kappa shape index (κ2) is 20.3. The highest BCUT2D eigenvalue weighted by molar-refractivity contribution is 5.95. The highest BCUT2D eigenvalue weighted by Gasteiger charge is 2.22. The summed E-state index contributed by atoms with van der Waals surface area (Å²) in [6, 6.07) is 10.0. The minimum absolute atomic E-state index is 0.0185. The number of fused-ring (bicyclic) bond motifs is 2. The molecular formula is C39H52FN5O3. The Balaban J connectivity index is 0.000000712. The monoisotopic (exact) mass is 657 g/mol. The molecule has 0 spiro atoms. The smallest absolute Gasteiger partial charge is 0.152 e. The highest BCUT2D eigenvalue weighted by Crippen LogP contribution is 2.38. The number of nitrogens with one attached hydrogen (secondary N) is 1. The number of rotatable bonds is 8.